The Morgan fingerprint density at radius 3 is 2.82 bits per heavy atom. The Balaban J connectivity index is 2.37. The molecule has 1 saturated heterocycles. The summed E-state index contributed by atoms with van der Waals surface area (Å²) in [7, 11) is 0. The Bertz CT molecular complexity index is 126. The molecule has 0 aromatic heterocycles. The molecular weight excluding hydrogens is 552 g/mol. The van der Waals surface area contributed by atoms with Crippen molar-refractivity contribution in [3.8, 4) is 0 Å². The first-order chi connectivity index (χ1) is 5.27. The second-order valence-corrected chi connectivity index (χ2v) is 5.17. The topological polar surface area (TPSA) is 27.7 Å². The zero-order valence-corrected chi connectivity index (χ0v) is 15.6. The summed E-state index contributed by atoms with van der Waals surface area (Å²) in [4.78, 5) is 0. The van der Waals surface area contributed by atoms with Gasteiger partial charge in [0.15, 0.2) is 0 Å². The fourth-order valence-electron chi connectivity index (χ4n) is 1.05. The second kappa shape index (κ2) is 5.68. The normalized spacial score (nSPS) is 37.5. The van der Waals surface area contributed by atoms with Gasteiger partial charge in [0.05, 0.1) is 0 Å². The molecule has 0 spiro atoms. The molecule has 1 aliphatic heterocycles. The van der Waals surface area contributed by atoms with Gasteiger partial charge in [-0.05, 0) is 0 Å². The molecule has 11 heavy (non-hydrogen) atoms. The average Bonchev–Trinajstić information content (AvgIpc) is 2.32. The van der Waals surface area contributed by atoms with Crippen molar-refractivity contribution < 1.29 is 10.1 Å². The van der Waals surface area contributed by atoms with E-state index in [9.17, 15) is 0 Å². The fraction of sp³-hybridized carbons (Fsp3) is 1.00. The summed E-state index contributed by atoms with van der Waals surface area (Å²) in [6.07, 6.45) is 1.06. The summed E-state index contributed by atoms with van der Waals surface area (Å²) in [6.45, 7) is 0.644. The third-order valence-electron chi connectivity index (χ3n) is 1.59. The van der Waals surface area contributed by atoms with E-state index in [1.807, 2.05) is 0 Å². The van der Waals surface area contributed by atoms with Gasteiger partial charge in [0, 0.05) is 0 Å². The van der Waals surface area contributed by atoms with Crippen molar-refractivity contribution in [2.45, 2.75) is 24.2 Å². The predicted octanol–water partition coefficient (Wildman–Crippen LogP) is -0.0910. The van der Waals surface area contributed by atoms with Gasteiger partial charge in [0.1, 0.15) is 0 Å². The van der Waals surface area contributed by atoms with Crippen LogP contribution < -0.4 is 0 Å². The van der Waals surface area contributed by atoms with Gasteiger partial charge in [0.25, 0.3) is 0 Å². The summed E-state index contributed by atoms with van der Waals surface area (Å²) in [5, 5.41) is 0. The zero-order chi connectivity index (χ0) is 8.27. The molecule has 0 N–H and O–H groups in total. The van der Waals surface area contributed by atoms with Gasteiger partial charge in [-0.25, -0.2) is 0 Å². The summed E-state index contributed by atoms with van der Waals surface area (Å²) in [5.74, 6) is 0. The van der Waals surface area contributed by atoms with Crippen LogP contribution in [0.5, 0.6) is 0 Å². The molecule has 1 fully saturated rings. The second-order valence-electron chi connectivity index (χ2n) is 2.33. The zero-order valence-electron chi connectivity index (χ0n) is 5.90. The van der Waals surface area contributed by atoms with Crippen LogP contribution in [0.1, 0.15) is 6.42 Å². The predicted molar refractivity (Wildman–Crippen MR) is 41.5 cm³/mol. The minimum atomic E-state index is -0.177. The third kappa shape index (κ3) is 3.33. The molecule has 0 radical (unpaired) electrons. The van der Waals surface area contributed by atoms with Crippen LogP contribution in [-0.2, 0) is 10.1 Å². The first-order valence-corrected chi connectivity index (χ1v) is 7.35. The van der Waals surface area contributed by atoms with E-state index in [4.69, 9.17) is 21.7 Å². The van der Waals surface area contributed by atoms with E-state index < -0.39 is 0 Å². The minimum absolute atomic E-state index is 0.0764. The number of hydrogen-bond acceptors (Lipinski definition) is 3. The number of hydrogen-bond donors (Lipinski definition) is 0. The first-order valence-electron chi connectivity index (χ1n) is 3.24. The Labute approximate surface area is 104 Å². The van der Waals surface area contributed by atoms with E-state index in [1.54, 1.807) is 0 Å². The van der Waals surface area contributed by atoms with E-state index in [-0.39, 0.29) is 17.8 Å². The van der Waals surface area contributed by atoms with Gasteiger partial charge < -0.3 is 0 Å². The van der Waals surface area contributed by atoms with Gasteiger partial charge in [-0.1, -0.05) is 0 Å². The standard InChI is InChI=1S/C5H7ClO3.2Tl/c6-5-1-3(8)4(2-7)9-5;;/h3-5H,1-2H2;;/q-2;2*+1. The molecule has 0 aromatic carbocycles. The van der Waals surface area contributed by atoms with Gasteiger partial charge >= 0.3 is 105 Å². The molecule has 3 unspecified atom stereocenters. The Morgan fingerprint density at radius 2 is 2.27 bits per heavy atom. The molecular formula is C5H7ClO3Tl2. The molecule has 3 atom stereocenters. The van der Waals surface area contributed by atoms with Crippen molar-refractivity contribution in [3.63, 3.8) is 0 Å². The maximum atomic E-state index is 5.79. The van der Waals surface area contributed by atoms with Crippen LogP contribution in [0, 0.1) is 0 Å². The quantitative estimate of drug-likeness (QED) is 0.358. The third-order valence-corrected chi connectivity index (χ3v) is 3.98. The van der Waals surface area contributed by atoms with Crippen molar-refractivity contribution in [2.75, 3.05) is 6.61 Å². The van der Waals surface area contributed by atoms with Crippen molar-refractivity contribution in [3.05, 3.63) is 0 Å². The Kier molecular flexibility index (Phi) is 5.73. The summed E-state index contributed by atoms with van der Waals surface area (Å²) >= 11 is 6.91. The van der Waals surface area contributed by atoms with Crippen molar-refractivity contribution in [2.24, 2.45) is 0 Å². The van der Waals surface area contributed by atoms with Crippen LogP contribution in [0.4, 0.5) is 0 Å². The summed E-state index contributed by atoms with van der Waals surface area (Å²) in [6, 6.07) is 0. The molecule has 1 rings (SSSR count). The molecule has 0 aromatic rings. The molecule has 1 aliphatic rings. The SMILES string of the molecule is ClC1CC([O][Tl])C(C[O][Tl])O1. The van der Waals surface area contributed by atoms with Crippen LogP contribution in [-0.4, -0.2) is 76.8 Å². The van der Waals surface area contributed by atoms with Crippen LogP contribution in [0.3, 0.4) is 0 Å². The van der Waals surface area contributed by atoms with Gasteiger partial charge in [-0.15, -0.1) is 0 Å². The molecule has 6 heteroatoms. The average molecular weight is 559 g/mol. The molecule has 1 heterocycles. The molecule has 0 aliphatic carbocycles. The van der Waals surface area contributed by atoms with Crippen LogP contribution in [0.25, 0.3) is 0 Å². The number of halogens is 1. The summed E-state index contributed by atoms with van der Waals surface area (Å²) in [5.41, 5.74) is -0.177. The van der Waals surface area contributed by atoms with E-state index >= 15 is 0 Å². The molecule has 0 saturated carbocycles. The van der Waals surface area contributed by atoms with Crippen LogP contribution in [0.2, 0.25) is 0 Å². The molecule has 3 nitrogen and oxygen atoms in total. The van der Waals surface area contributed by atoms with E-state index in [0.29, 0.717) is 59.0 Å². The first kappa shape index (κ1) is 11.1. The van der Waals surface area contributed by atoms with Crippen molar-refractivity contribution in [1.29, 1.82) is 0 Å². The maximum absolute atomic E-state index is 5.79. The van der Waals surface area contributed by atoms with E-state index in [2.05, 4.69) is 0 Å². The number of alkyl halides is 1. The Hall–Kier alpha value is 2.01. The summed E-state index contributed by atoms with van der Waals surface area (Å²) < 4.78 is 15.8. The number of rotatable bonds is 3. The van der Waals surface area contributed by atoms with Gasteiger partial charge in [-0.2, -0.15) is 0 Å². The number of ether oxygens (including phenoxy) is 1. The van der Waals surface area contributed by atoms with Crippen LogP contribution >= 0.6 is 11.6 Å². The van der Waals surface area contributed by atoms with E-state index in [1.165, 1.54) is 0 Å². The van der Waals surface area contributed by atoms with Crippen molar-refractivity contribution >= 4 is 64.0 Å². The monoisotopic (exact) mass is 560 g/mol. The van der Waals surface area contributed by atoms with Crippen LogP contribution in [0.15, 0.2) is 0 Å². The fourth-order valence-corrected chi connectivity index (χ4v) is 3.21. The van der Waals surface area contributed by atoms with E-state index in [0.717, 1.165) is 6.42 Å². The Morgan fingerprint density at radius 1 is 1.55 bits per heavy atom. The molecule has 0 amide bonds. The molecule has 58 valence electrons. The van der Waals surface area contributed by atoms with Gasteiger partial charge in [-0.3, -0.25) is 0 Å². The van der Waals surface area contributed by atoms with Crippen molar-refractivity contribution in [1.82, 2.24) is 0 Å². The molecule has 0 bridgehead atoms. The van der Waals surface area contributed by atoms with Gasteiger partial charge in [0.2, 0.25) is 0 Å².